The van der Waals surface area contributed by atoms with Crippen LogP contribution in [0.15, 0.2) is 12.4 Å². The summed E-state index contributed by atoms with van der Waals surface area (Å²) in [5.41, 5.74) is 2.83. The molecule has 1 atom stereocenters. The maximum atomic E-state index is 11.9. The number of hydrogen-bond acceptors (Lipinski definition) is 2. The lowest BCUT2D eigenvalue weighted by atomic mass is 10.0. The van der Waals surface area contributed by atoms with Crippen LogP contribution < -0.4 is 10.6 Å². The van der Waals surface area contributed by atoms with E-state index in [9.17, 15) is 4.79 Å². The Hall–Kier alpha value is -1.29. The van der Waals surface area contributed by atoms with Crippen molar-refractivity contribution < 1.29 is 4.79 Å². The van der Waals surface area contributed by atoms with Gasteiger partial charge < -0.3 is 15.2 Å². The third-order valence-electron chi connectivity index (χ3n) is 4.28. The molecule has 0 aromatic carbocycles. The maximum absolute atomic E-state index is 11.9. The lowest BCUT2D eigenvalue weighted by Crippen LogP contribution is -2.28. The molecule has 0 saturated heterocycles. The lowest BCUT2D eigenvalue weighted by Gasteiger charge is -2.15. The van der Waals surface area contributed by atoms with Gasteiger partial charge in [-0.3, -0.25) is 4.79 Å². The van der Waals surface area contributed by atoms with Crippen LogP contribution >= 0.6 is 0 Å². The molecule has 3 rings (SSSR count). The summed E-state index contributed by atoms with van der Waals surface area (Å²) >= 11 is 0. The van der Waals surface area contributed by atoms with E-state index in [1.165, 1.54) is 30.4 Å². The SMILES string of the molecule is CCNC1CCCCc2cn(CC(=O)NC3CC3)cc21. The number of amides is 1. The second-order valence-electron chi connectivity index (χ2n) is 6.11. The average Bonchev–Trinajstić information content (AvgIpc) is 3.16. The zero-order valence-electron chi connectivity index (χ0n) is 12.3. The van der Waals surface area contributed by atoms with Crippen LogP contribution in [0.25, 0.3) is 0 Å². The molecule has 110 valence electrons. The Morgan fingerprint density at radius 3 is 2.90 bits per heavy atom. The Kier molecular flexibility index (Phi) is 4.10. The molecule has 1 fully saturated rings. The van der Waals surface area contributed by atoms with Gasteiger partial charge in [-0.25, -0.2) is 0 Å². The number of aromatic nitrogens is 1. The number of carbonyl (C=O) groups is 1. The van der Waals surface area contributed by atoms with E-state index in [0.29, 0.717) is 18.6 Å². The first-order chi connectivity index (χ1) is 9.76. The molecule has 1 heterocycles. The first-order valence-corrected chi connectivity index (χ1v) is 7.97. The molecule has 2 aliphatic carbocycles. The molecule has 4 nitrogen and oxygen atoms in total. The van der Waals surface area contributed by atoms with Gasteiger partial charge in [-0.2, -0.15) is 0 Å². The zero-order chi connectivity index (χ0) is 13.9. The van der Waals surface area contributed by atoms with Crippen LogP contribution in [-0.4, -0.2) is 23.1 Å². The molecular weight excluding hydrogens is 250 g/mol. The second kappa shape index (κ2) is 6.00. The quantitative estimate of drug-likeness (QED) is 0.809. The summed E-state index contributed by atoms with van der Waals surface area (Å²) in [5, 5.41) is 6.63. The van der Waals surface area contributed by atoms with E-state index < -0.39 is 0 Å². The number of aryl methyl sites for hydroxylation is 1. The normalized spacial score (nSPS) is 22.1. The minimum atomic E-state index is 0.151. The van der Waals surface area contributed by atoms with E-state index in [1.807, 2.05) is 0 Å². The van der Waals surface area contributed by atoms with Crippen LogP contribution in [-0.2, 0) is 17.8 Å². The van der Waals surface area contributed by atoms with E-state index in [2.05, 4.69) is 34.5 Å². The van der Waals surface area contributed by atoms with Crippen molar-refractivity contribution in [2.75, 3.05) is 6.54 Å². The van der Waals surface area contributed by atoms with Gasteiger partial charge in [0, 0.05) is 24.5 Å². The molecule has 0 radical (unpaired) electrons. The summed E-state index contributed by atoms with van der Waals surface area (Å²) in [7, 11) is 0. The Balaban J connectivity index is 1.70. The van der Waals surface area contributed by atoms with Crippen LogP contribution in [0, 0.1) is 0 Å². The smallest absolute Gasteiger partial charge is 0.240 e. The highest BCUT2D eigenvalue weighted by Gasteiger charge is 2.24. The highest BCUT2D eigenvalue weighted by Crippen LogP contribution is 2.29. The standard InChI is InChI=1S/C16H25N3O/c1-2-17-15-6-4-3-5-12-9-19(10-14(12)15)11-16(20)18-13-7-8-13/h9-10,13,15,17H,2-8,11H2,1H3,(H,18,20). The summed E-state index contributed by atoms with van der Waals surface area (Å²) in [6.45, 7) is 3.62. The van der Waals surface area contributed by atoms with Gasteiger partial charge in [0.2, 0.25) is 5.91 Å². The van der Waals surface area contributed by atoms with E-state index in [1.54, 1.807) is 0 Å². The number of nitrogens with one attached hydrogen (secondary N) is 2. The van der Waals surface area contributed by atoms with Gasteiger partial charge in [0.05, 0.1) is 0 Å². The van der Waals surface area contributed by atoms with E-state index in [0.717, 1.165) is 25.8 Å². The van der Waals surface area contributed by atoms with Gasteiger partial charge in [-0.15, -0.1) is 0 Å². The number of fused-ring (bicyclic) bond motifs is 1. The molecule has 2 N–H and O–H groups in total. The summed E-state index contributed by atoms with van der Waals surface area (Å²) in [5.74, 6) is 0.151. The molecule has 2 aliphatic rings. The zero-order valence-corrected chi connectivity index (χ0v) is 12.3. The Bertz CT molecular complexity index is 476. The molecule has 1 saturated carbocycles. The molecule has 0 spiro atoms. The molecule has 0 aliphatic heterocycles. The lowest BCUT2D eigenvalue weighted by molar-refractivity contribution is -0.121. The monoisotopic (exact) mass is 275 g/mol. The van der Waals surface area contributed by atoms with Crippen molar-refractivity contribution in [1.82, 2.24) is 15.2 Å². The van der Waals surface area contributed by atoms with Gasteiger partial charge in [-0.05, 0) is 49.8 Å². The highest BCUT2D eigenvalue weighted by molar-refractivity contribution is 5.76. The fraction of sp³-hybridized carbons (Fsp3) is 0.688. The largest absolute Gasteiger partial charge is 0.352 e. The van der Waals surface area contributed by atoms with Gasteiger partial charge in [-0.1, -0.05) is 13.3 Å². The highest BCUT2D eigenvalue weighted by atomic mass is 16.2. The molecule has 0 bridgehead atoms. The molecule has 1 aromatic heterocycles. The van der Waals surface area contributed by atoms with Crippen molar-refractivity contribution in [2.24, 2.45) is 0 Å². The predicted molar refractivity (Wildman–Crippen MR) is 79.6 cm³/mol. The molecule has 1 amide bonds. The summed E-state index contributed by atoms with van der Waals surface area (Å²) in [4.78, 5) is 11.9. The Morgan fingerprint density at radius 2 is 2.15 bits per heavy atom. The summed E-state index contributed by atoms with van der Waals surface area (Å²) in [6, 6.07) is 0.913. The van der Waals surface area contributed by atoms with Crippen LogP contribution in [0.3, 0.4) is 0 Å². The first kappa shape index (κ1) is 13.7. The molecule has 20 heavy (non-hydrogen) atoms. The minimum absolute atomic E-state index is 0.151. The third-order valence-corrected chi connectivity index (χ3v) is 4.28. The van der Waals surface area contributed by atoms with Gasteiger partial charge >= 0.3 is 0 Å². The van der Waals surface area contributed by atoms with Crippen LogP contribution in [0.5, 0.6) is 0 Å². The predicted octanol–water partition coefficient (Wildman–Crippen LogP) is 2.14. The van der Waals surface area contributed by atoms with Crippen molar-refractivity contribution in [1.29, 1.82) is 0 Å². The van der Waals surface area contributed by atoms with Crippen molar-refractivity contribution in [3.63, 3.8) is 0 Å². The number of hydrogen-bond donors (Lipinski definition) is 2. The number of nitrogens with zero attached hydrogens (tertiary/aromatic N) is 1. The Morgan fingerprint density at radius 1 is 1.30 bits per heavy atom. The average molecular weight is 275 g/mol. The van der Waals surface area contributed by atoms with Crippen LogP contribution in [0.1, 0.15) is 56.2 Å². The fourth-order valence-electron chi connectivity index (χ4n) is 3.13. The van der Waals surface area contributed by atoms with Crippen molar-refractivity contribution in [2.45, 2.75) is 64.1 Å². The molecule has 1 unspecified atom stereocenters. The topological polar surface area (TPSA) is 46.1 Å². The summed E-state index contributed by atoms with van der Waals surface area (Å²) < 4.78 is 2.07. The molecule has 1 aromatic rings. The second-order valence-corrected chi connectivity index (χ2v) is 6.11. The van der Waals surface area contributed by atoms with Crippen molar-refractivity contribution in [3.8, 4) is 0 Å². The minimum Gasteiger partial charge on any atom is -0.352 e. The third kappa shape index (κ3) is 3.23. The number of rotatable bonds is 5. The van der Waals surface area contributed by atoms with Gasteiger partial charge in [0.25, 0.3) is 0 Å². The van der Waals surface area contributed by atoms with Crippen LogP contribution in [0.2, 0.25) is 0 Å². The first-order valence-electron chi connectivity index (χ1n) is 7.97. The van der Waals surface area contributed by atoms with E-state index in [-0.39, 0.29) is 5.91 Å². The Labute approximate surface area is 120 Å². The van der Waals surface area contributed by atoms with Gasteiger partial charge in [0.15, 0.2) is 0 Å². The van der Waals surface area contributed by atoms with E-state index >= 15 is 0 Å². The molecular formula is C16H25N3O. The van der Waals surface area contributed by atoms with E-state index in [4.69, 9.17) is 0 Å². The number of carbonyl (C=O) groups excluding carboxylic acids is 1. The van der Waals surface area contributed by atoms with Crippen molar-refractivity contribution in [3.05, 3.63) is 23.5 Å². The maximum Gasteiger partial charge on any atom is 0.240 e. The fourth-order valence-corrected chi connectivity index (χ4v) is 3.13. The van der Waals surface area contributed by atoms with Gasteiger partial charge in [0.1, 0.15) is 6.54 Å². The summed E-state index contributed by atoms with van der Waals surface area (Å²) in [6.07, 6.45) is 11.6. The molecule has 4 heteroatoms. The van der Waals surface area contributed by atoms with Crippen molar-refractivity contribution >= 4 is 5.91 Å². The van der Waals surface area contributed by atoms with Crippen LogP contribution in [0.4, 0.5) is 0 Å².